The van der Waals surface area contributed by atoms with Crippen LogP contribution in [0.25, 0.3) is 0 Å². The molecule has 1 saturated heterocycles. The number of rotatable bonds is 5. The third-order valence-electron chi connectivity index (χ3n) is 4.24. The Labute approximate surface area is 134 Å². The van der Waals surface area contributed by atoms with E-state index in [2.05, 4.69) is 5.43 Å². The number of carbonyl (C=O) groups is 1. The maximum Gasteiger partial charge on any atom is 0.405 e. The van der Waals surface area contributed by atoms with E-state index < -0.39 is 17.6 Å². The van der Waals surface area contributed by atoms with Crippen LogP contribution in [0.5, 0.6) is 0 Å². The standard InChI is InChI=1S/C17H23F3N2O/c1-12-7-9-13(10-8-12)5-4-6-14(17(18,19)20)22-11-16(2,3)15(23)21-22/h7-10,14H,4-6,11H2,1-3H3,(H,21,23). The van der Waals surface area contributed by atoms with Gasteiger partial charge in [-0.2, -0.15) is 13.2 Å². The number of nitrogens with one attached hydrogen (secondary N) is 1. The monoisotopic (exact) mass is 328 g/mol. The van der Waals surface area contributed by atoms with E-state index in [1.807, 2.05) is 31.2 Å². The SMILES string of the molecule is Cc1ccc(CCCC(N2CC(C)(C)C(=O)N2)C(F)(F)F)cc1. The number of halogens is 3. The number of hydrazine groups is 1. The molecule has 23 heavy (non-hydrogen) atoms. The summed E-state index contributed by atoms with van der Waals surface area (Å²) in [5, 5.41) is 1.05. The summed E-state index contributed by atoms with van der Waals surface area (Å²) in [6.45, 7) is 5.35. The molecule has 0 aromatic heterocycles. The van der Waals surface area contributed by atoms with Crippen LogP contribution in [-0.2, 0) is 11.2 Å². The largest absolute Gasteiger partial charge is 0.405 e. The van der Waals surface area contributed by atoms with E-state index in [-0.39, 0.29) is 18.9 Å². The first-order chi connectivity index (χ1) is 10.6. The molecule has 1 aliphatic heterocycles. The van der Waals surface area contributed by atoms with Crippen molar-refractivity contribution in [3.05, 3.63) is 35.4 Å². The highest BCUT2D eigenvalue weighted by atomic mass is 19.4. The minimum absolute atomic E-state index is 0.0340. The van der Waals surface area contributed by atoms with Crippen molar-refractivity contribution in [2.45, 2.75) is 52.3 Å². The number of aryl methyl sites for hydroxylation is 2. The molecule has 0 aliphatic carbocycles. The first-order valence-electron chi connectivity index (χ1n) is 7.79. The van der Waals surface area contributed by atoms with Crippen molar-refractivity contribution in [3.8, 4) is 0 Å². The molecule has 1 heterocycles. The second-order valence-electron chi connectivity index (χ2n) is 6.89. The van der Waals surface area contributed by atoms with E-state index in [0.717, 1.165) is 16.1 Å². The average molecular weight is 328 g/mol. The van der Waals surface area contributed by atoms with Gasteiger partial charge >= 0.3 is 6.18 Å². The molecule has 1 fully saturated rings. The summed E-state index contributed by atoms with van der Waals surface area (Å²) in [5.74, 6) is -0.356. The van der Waals surface area contributed by atoms with E-state index in [0.29, 0.717) is 12.8 Å². The summed E-state index contributed by atoms with van der Waals surface area (Å²) in [6.07, 6.45) is -3.38. The Morgan fingerprint density at radius 3 is 2.35 bits per heavy atom. The van der Waals surface area contributed by atoms with Crippen LogP contribution in [0, 0.1) is 12.3 Å². The molecule has 3 nitrogen and oxygen atoms in total. The third kappa shape index (κ3) is 4.47. The third-order valence-corrected chi connectivity index (χ3v) is 4.24. The highest BCUT2D eigenvalue weighted by molar-refractivity contribution is 5.83. The van der Waals surface area contributed by atoms with E-state index in [9.17, 15) is 18.0 Å². The van der Waals surface area contributed by atoms with Crippen molar-refractivity contribution in [2.75, 3.05) is 6.54 Å². The van der Waals surface area contributed by atoms with Gasteiger partial charge < -0.3 is 0 Å². The summed E-state index contributed by atoms with van der Waals surface area (Å²) < 4.78 is 40.0. The lowest BCUT2D eigenvalue weighted by Gasteiger charge is -2.29. The number of alkyl halides is 3. The quantitative estimate of drug-likeness (QED) is 0.895. The molecule has 1 aromatic rings. The van der Waals surface area contributed by atoms with Crippen LogP contribution in [0.4, 0.5) is 13.2 Å². The van der Waals surface area contributed by atoms with Gasteiger partial charge in [0.2, 0.25) is 5.91 Å². The zero-order chi connectivity index (χ0) is 17.3. The summed E-state index contributed by atoms with van der Waals surface area (Å²) in [4.78, 5) is 11.7. The number of hydrogen-bond donors (Lipinski definition) is 1. The Hall–Kier alpha value is -1.56. The first kappa shape index (κ1) is 17.8. The lowest BCUT2D eigenvalue weighted by molar-refractivity contribution is -0.190. The maximum atomic E-state index is 13.3. The molecular formula is C17H23F3N2O. The summed E-state index contributed by atoms with van der Waals surface area (Å²) >= 11 is 0. The van der Waals surface area contributed by atoms with E-state index >= 15 is 0 Å². The van der Waals surface area contributed by atoms with Crippen LogP contribution in [-0.4, -0.2) is 29.7 Å². The topological polar surface area (TPSA) is 32.3 Å². The number of benzene rings is 1. The number of hydrogen-bond acceptors (Lipinski definition) is 2. The van der Waals surface area contributed by atoms with E-state index in [4.69, 9.17) is 0 Å². The fourth-order valence-electron chi connectivity index (χ4n) is 2.76. The smallest absolute Gasteiger partial charge is 0.288 e. The van der Waals surface area contributed by atoms with Crippen molar-refractivity contribution in [2.24, 2.45) is 5.41 Å². The highest BCUT2D eigenvalue weighted by Crippen LogP contribution is 2.33. The van der Waals surface area contributed by atoms with Crippen LogP contribution in [0.15, 0.2) is 24.3 Å². The minimum Gasteiger partial charge on any atom is -0.288 e. The van der Waals surface area contributed by atoms with Crippen LogP contribution < -0.4 is 5.43 Å². The van der Waals surface area contributed by atoms with Gasteiger partial charge in [-0.1, -0.05) is 29.8 Å². The molecule has 1 aromatic carbocycles. The Bertz CT molecular complexity index is 552. The molecule has 6 heteroatoms. The molecular weight excluding hydrogens is 305 g/mol. The molecule has 2 rings (SSSR count). The Kier molecular flexibility index (Phi) is 5.04. The number of carbonyl (C=O) groups excluding carboxylic acids is 1. The Morgan fingerprint density at radius 1 is 1.26 bits per heavy atom. The molecule has 128 valence electrons. The molecule has 1 atom stereocenters. The number of nitrogens with zero attached hydrogens (tertiary/aromatic N) is 1. The Balaban J connectivity index is 1.97. The van der Waals surface area contributed by atoms with Gasteiger partial charge in [0.25, 0.3) is 0 Å². The van der Waals surface area contributed by atoms with Crippen LogP contribution in [0.2, 0.25) is 0 Å². The fraction of sp³-hybridized carbons (Fsp3) is 0.588. The van der Waals surface area contributed by atoms with Crippen molar-refractivity contribution >= 4 is 5.91 Å². The van der Waals surface area contributed by atoms with Gasteiger partial charge in [-0.05, 0) is 45.6 Å². The number of amides is 1. The molecule has 1 amide bonds. The van der Waals surface area contributed by atoms with Gasteiger partial charge in [0.15, 0.2) is 0 Å². The van der Waals surface area contributed by atoms with Gasteiger partial charge in [-0.15, -0.1) is 0 Å². The van der Waals surface area contributed by atoms with Gasteiger partial charge in [-0.3, -0.25) is 10.2 Å². The van der Waals surface area contributed by atoms with Gasteiger partial charge in [0.05, 0.1) is 5.41 Å². The summed E-state index contributed by atoms with van der Waals surface area (Å²) in [5.41, 5.74) is 3.75. The van der Waals surface area contributed by atoms with Gasteiger partial charge in [-0.25, -0.2) is 5.01 Å². The molecule has 0 radical (unpaired) electrons. The average Bonchev–Trinajstić information content (AvgIpc) is 2.69. The van der Waals surface area contributed by atoms with Gasteiger partial charge in [0.1, 0.15) is 6.04 Å². The van der Waals surface area contributed by atoms with Crippen molar-refractivity contribution in [3.63, 3.8) is 0 Å². The molecule has 1 aliphatic rings. The van der Waals surface area contributed by atoms with Crippen LogP contribution >= 0.6 is 0 Å². The first-order valence-corrected chi connectivity index (χ1v) is 7.79. The summed E-state index contributed by atoms with van der Waals surface area (Å²) in [6, 6.07) is 6.16. The van der Waals surface area contributed by atoms with Crippen molar-refractivity contribution in [1.29, 1.82) is 0 Å². The Morgan fingerprint density at radius 2 is 1.87 bits per heavy atom. The van der Waals surface area contributed by atoms with E-state index in [1.165, 1.54) is 0 Å². The van der Waals surface area contributed by atoms with E-state index in [1.54, 1.807) is 13.8 Å². The van der Waals surface area contributed by atoms with Crippen LogP contribution in [0.1, 0.15) is 37.8 Å². The molecule has 1 N–H and O–H groups in total. The molecule has 0 spiro atoms. The van der Waals surface area contributed by atoms with Crippen LogP contribution in [0.3, 0.4) is 0 Å². The second kappa shape index (κ2) is 6.51. The minimum atomic E-state index is -4.36. The summed E-state index contributed by atoms with van der Waals surface area (Å²) in [7, 11) is 0. The lowest BCUT2D eigenvalue weighted by atomic mass is 9.94. The predicted octanol–water partition coefficient (Wildman–Crippen LogP) is 3.62. The highest BCUT2D eigenvalue weighted by Gasteiger charge is 2.49. The normalized spacial score (nSPS) is 19.7. The molecule has 0 saturated carbocycles. The van der Waals surface area contributed by atoms with Crippen molar-refractivity contribution in [1.82, 2.24) is 10.4 Å². The lowest BCUT2D eigenvalue weighted by Crippen LogP contribution is -2.50. The predicted molar refractivity (Wildman–Crippen MR) is 82.6 cm³/mol. The fourth-order valence-corrected chi connectivity index (χ4v) is 2.76. The maximum absolute atomic E-state index is 13.3. The van der Waals surface area contributed by atoms with Crippen molar-refractivity contribution < 1.29 is 18.0 Å². The molecule has 1 unspecified atom stereocenters. The molecule has 0 bridgehead atoms. The second-order valence-corrected chi connectivity index (χ2v) is 6.89. The zero-order valence-corrected chi connectivity index (χ0v) is 13.7. The zero-order valence-electron chi connectivity index (χ0n) is 13.7. The van der Waals surface area contributed by atoms with Gasteiger partial charge in [0, 0.05) is 6.54 Å².